The quantitative estimate of drug-likeness (QED) is 0.801. The molecule has 0 radical (unpaired) electrons. The molecule has 0 saturated carbocycles. The van der Waals surface area contributed by atoms with Crippen molar-refractivity contribution >= 4 is 17.6 Å². The number of benzene rings is 2. The summed E-state index contributed by atoms with van der Waals surface area (Å²) in [7, 11) is 2.72. The van der Waals surface area contributed by atoms with Crippen LogP contribution in [0.2, 0.25) is 0 Å². The van der Waals surface area contributed by atoms with Crippen LogP contribution in [0.15, 0.2) is 42.5 Å². The number of methoxy groups -OCH3 is 2. The molecule has 26 heavy (non-hydrogen) atoms. The molecule has 7 nitrogen and oxygen atoms in total. The number of carbonyl (C=O) groups excluding carboxylic acids is 2. The summed E-state index contributed by atoms with van der Waals surface area (Å²) in [4.78, 5) is 23.8. The summed E-state index contributed by atoms with van der Waals surface area (Å²) >= 11 is 0. The van der Waals surface area contributed by atoms with E-state index in [0.717, 1.165) is 0 Å². The molecule has 1 atom stereocenters. The van der Waals surface area contributed by atoms with Crippen molar-refractivity contribution in [1.82, 2.24) is 0 Å². The van der Waals surface area contributed by atoms with Crippen LogP contribution in [-0.4, -0.2) is 32.2 Å². The van der Waals surface area contributed by atoms with Crippen LogP contribution in [0.4, 0.5) is 5.69 Å². The lowest BCUT2D eigenvalue weighted by Gasteiger charge is -2.17. The minimum atomic E-state index is -0.816. The second-order valence-electron chi connectivity index (χ2n) is 5.30. The van der Waals surface area contributed by atoms with Crippen molar-refractivity contribution in [1.29, 1.82) is 5.26 Å². The van der Waals surface area contributed by atoms with Crippen LogP contribution in [0.1, 0.15) is 22.8 Å². The molecule has 1 N–H and O–H groups in total. The summed E-state index contributed by atoms with van der Waals surface area (Å²) in [6.07, 6.45) is -0.816. The van der Waals surface area contributed by atoms with Gasteiger partial charge in [-0.1, -0.05) is 0 Å². The van der Waals surface area contributed by atoms with Crippen LogP contribution in [0.5, 0.6) is 11.5 Å². The second-order valence-corrected chi connectivity index (χ2v) is 5.30. The third-order valence-corrected chi connectivity index (χ3v) is 3.54. The molecule has 1 amide bonds. The highest BCUT2D eigenvalue weighted by atomic mass is 16.5. The number of nitrogens with one attached hydrogen (secondary N) is 1. The van der Waals surface area contributed by atoms with E-state index in [1.807, 2.05) is 6.07 Å². The van der Waals surface area contributed by atoms with Gasteiger partial charge in [0.1, 0.15) is 0 Å². The first kappa shape index (κ1) is 18.8. The largest absolute Gasteiger partial charge is 0.493 e. The van der Waals surface area contributed by atoms with Crippen molar-refractivity contribution < 1.29 is 23.8 Å². The smallest absolute Gasteiger partial charge is 0.337 e. The Morgan fingerprint density at radius 3 is 2.35 bits per heavy atom. The first-order valence-electron chi connectivity index (χ1n) is 7.72. The number of carbonyl (C=O) groups is 2. The third kappa shape index (κ3) is 4.51. The SMILES string of the molecule is COC(=O)c1ccc(O[C@H](C)C(=O)Nc2ccc(C#N)cc2)c(OC)c1. The summed E-state index contributed by atoms with van der Waals surface area (Å²) in [5.74, 6) is -0.233. The van der Waals surface area contributed by atoms with Gasteiger partial charge in [0.2, 0.25) is 0 Å². The number of nitrogens with zero attached hydrogens (tertiary/aromatic N) is 1. The normalized spacial score (nSPS) is 11.0. The van der Waals surface area contributed by atoms with Crippen LogP contribution in [0, 0.1) is 11.3 Å². The van der Waals surface area contributed by atoms with Gasteiger partial charge in [0.05, 0.1) is 31.4 Å². The summed E-state index contributed by atoms with van der Waals surface area (Å²) in [6, 6.07) is 13.0. The zero-order valence-electron chi connectivity index (χ0n) is 14.6. The Morgan fingerprint density at radius 1 is 1.08 bits per heavy atom. The molecule has 0 aliphatic heterocycles. The minimum absolute atomic E-state index is 0.311. The van der Waals surface area contributed by atoms with E-state index < -0.39 is 12.1 Å². The maximum Gasteiger partial charge on any atom is 0.337 e. The fourth-order valence-electron chi connectivity index (χ4n) is 2.13. The Bertz CT molecular complexity index is 840. The number of hydrogen-bond donors (Lipinski definition) is 1. The Morgan fingerprint density at radius 2 is 1.77 bits per heavy atom. The molecule has 0 unspecified atom stereocenters. The summed E-state index contributed by atoms with van der Waals surface area (Å²) in [5.41, 5.74) is 1.37. The zero-order valence-corrected chi connectivity index (χ0v) is 14.6. The standard InChI is InChI=1S/C19H18N2O5/c1-12(18(22)21-15-7-4-13(11-20)5-8-15)26-16-9-6-14(19(23)25-3)10-17(16)24-2/h4-10,12H,1-3H3,(H,21,22)/t12-/m1/s1. The number of ether oxygens (including phenoxy) is 3. The van der Waals surface area contributed by atoms with Gasteiger partial charge in [0, 0.05) is 5.69 Å². The molecule has 0 heterocycles. The molecular weight excluding hydrogens is 336 g/mol. The molecule has 0 fully saturated rings. The molecule has 2 aromatic rings. The van der Waals surface area contributed by atoms with E-state index in [1.165, 1.54) is 32.4 Å². The summed E-state index contributed by atoms with van der Waals surface area (Å²) in [6.45, 7) is 1.59. The minimum Gasteiger partial charge on any atom is -0.493 e. The number of hydrogen-bond acceptors (Lipinski definition) is 6. The maximum absolute atomic E-state index is 12.3. The van der Waals surface area contributed by atoms with Crippen LogP contribution < -0.4 is 14.8 Å². The first-order chi connectivity index (χ1) is 12.5. The highest BCUT2D eigenvalue weighted by Crippen LogP contribution is 2.29. The van der Waals surface area contributed by atoms with Gasteiger partial charge < -0.3 is 19.5 Å². The molecular formula is C19H18N2O5. The Kier molecular flexibility index (Phi) is 6.17. The van der Waals surface area contributed by atoms with Crippen LogP contribution in [0.3, 0.4) is 0 Å². The monoisotopic (exact) mass is 354 g/mol. The van der Waals surface area contributed by atoms with Crippen molar-refractivity contribution in [3.05, 3.63) is 53.6 Å². The van der Waals surface area contributed by atoms with Crippen LogP contribution in [0.25, 0.3) is 0 Å². The number of anilines is 1. The molecule has 0 aliphatic carbocycles. The molecule has 0 bridgehead atoms. The number of amides is 1. The number of nitriles is 1. The maximum atomic E-state index is 12.3. The molecule has 0 aliphatic rings. The highest BCUT2D eigenvalue weighted by Gasteiger charge is 2.18. The van der Waals surface area contributed by atoms with E-state index in [1.54, 1.807) is 31.2 Å². The van der Waals surface area contributed by atoms with Crippen LogP contribution in [-0.2, 0) is 9.53 Å². The van der Waals surface area contributed by atoms with Gasteiger partial charge in [-0.2, -0.15) is 5.26 Å². The van der Waals surface area contributed by atoms with Gasteiger partial charge in [0.15, 0.2) is 17.6 Å². The Balaban J connectivity index is 2.08. The highest BCUT2D eigenvalue weighted by molar-refractivity contribution is 5.94. The van der Waals surface area contributed by atoms with Gasteiger partial charge in [-0.05, 0) is 49.4 Å². The van der Waals surface area contributed by atoms with Crippen molar-refractivity contribution in [3.63, 3.8) is 0 Å². The number of rotatable bonds is 6. The Labute approximate surface area is 151 Å². The van der Waals surface area contributed by atoms with E-state index in [4.69, 9.17) is 14.7 Å². The lowest BCUT2D eigenvalue weighted by molar-refractivity contribution is -0.122. The van der Waals surface area contributed by atoms with Crippen molar-refractivity contribution in [3.8, 4) is 17.6 Å². The average molecular weight is 354 g/mol. The molecule has 0 aromatic heterocycles. The second kappa shape index (κ2) is 8.53. The van der Waals surface area contributed by atoms with Crippen molar-refractivity contribution in [2.75, 3.05) is 19.5 Å². The van der Waals surface area contributed by atoms with Gasteiger partial charge in [-0.25, -0.2) is 4.79 Å². The van der Waals surface area contributed by atoms with Gasteiger partial charge >= 0.3 is 5.97 Å². The fraction of sp³-hybridized carbons (Fsp3) is 0.211. The summed E-state index contributed by atoms with van der Waals surface area (Å²) in [5, 5.41) is 11.5. The van der Waals surface area contributed by atoms with E-state index in [9.17, 15) is 9.59 Å². The Hall–Kier alpha value is -3.53. The van der Waals surface area contributed by atoms with Crippen molar-refractivity contribution in [2.45, 2.75) is 13.0 Å². The predicted octanol–water partition coefficient (Wildman–Crippen LogP) is 2.76. The van der Waals surface area contributed by atoms with Crippen molar-refractivity contribution in [2.24, 2.45) is 0 Å². The topological polar surface area (TPSA) is 97.6 Å². The predicted molar refractivity (Wildman–Crippen MR) is 94.2 cm³/mol. The molecule has 2 aromatic carbocycles. The fourth-order valence-corrected chi connectivity index (χ4v) is 2.13. The lowest BCUT2D eigenvalue weighted by atomic mass is 10.2. The van der Waals surface area contributed by atoms with Crippen LogP contribution >= 0.6 is 0 Å². The molecule has 0 saturated heterocycles. The first-order valence-corrected chi connectivity index (χ1v) is 7.72. The van der Waals surface area contributed by atoms with Gasteiger partial charge in [0.25, 0.3) is 5.91 Å². The van der Waals surface area contributed by atoms with E-state index in [2.05, 4.69) is 10.1 Å². The molecule has 0 spiro atoms. The van der Waals surface area contributed by atoms with Gasteiger partial charge in [-0.3, -0.25) is 4.79 Å². The summed E-state index contributed by atoms with van der Waals surface area (Å²) < 4.78 is 15.5. The molecule has 134 valence electrons. The van der Waals surface area contributed by atoms with Gasteiger partial charge in [-0.15, -0.1) is 0 Å². The van der Waals surface area contributed by atoms with E-state index >= 15 is 0 Å². The molecule has 7 heteroatoms. The number of esters is 1. The average Bonchev–Trinajstić information content (AvgIpc) is 2.68. The lowest BCUT2D eigenvalue weighted by Crippen LogP contribution is -2.30. The van der Waals surface area contributed by atoms with E-state index in [0.29, 0.717) is 28.3 Å². The zero-order chi connectivity index (χ0) is 19.1. The van der Waals surface area contributed by atoms with E-state index in [-0.39, 0.29) is 5.91 Å². The molecule has 2 rings (SSSR count). The third-order valence-electron chi connectivity index (χ3n) is 3.54.